The van der Waals surface area contributed by atoms with Crippen LogP contribution in [0.15, 0.2) is 23.4 Å². The van der Waals surface area contributed by atoms with Crippen LogP contribution in [0.25, 0.3) is 0 Å². The van der Waals surface area contributed by atoms with E-state index in [1.54, 1.807) is 0 Å². The molecule has 3 nitrogen and oxygen atoms in total. The number of hydrogen-bond donors (Lipinski definition) is 0. The number of likely N-dealkylation sites (tertiary alicyclic amines) is 1. The maximum absolute atomic E-state index is 12.6. The molecule has 2 aliphatic rings. The minimum atomic E-state index is -0.0239. The summed E-state index contributed by atoms with van der Waals surface area (Å²) in [6.07, 6.45) is 5.43. The highest BCUT2D eigenvalue weighted by atomic mass is 16.2. The van der Waals surface area contributed by atoms with Crippen LogP contribution in [0, 0.1) is 11.8 Å². The Hall–Kier alpha value is -1.09. The lowest BCUT2D eigenvalue weighted by Gasteiger charge is -2.34. The van der Waals surface area contributed by atoms with Crippen LogP contribution < -0.4 is 0 Å². The molecular formula is C18H30N2O. The molecular weight excluding hydrogens is 260 g/mol. The third-order valence-corrected chi connectivity index (χ3v) is 4.86. The van der Waals surface area contributed by atoms with Gasteiger partial charge in [0.05, 0.1) is 5.92 Å². The molecule has 2 atom stereocenters. The first-order valence-electron chi connectivity index (χ1n) is 8.14. The Kier molecular flexibility index (Phi) is 4.62. The van der Waals surface area contributed by atoms with E-state index >= 15 is 0 Å². The summed E-state index contributed by atoms with van der Waals surface area (Å²) in [7, 11) is 0. The smallest absolute Gasteiger partial charge is 0.233 e. The van der Waals surface area contributed by atoms with Crippen LogP contribution in [0.4, 0.5) is 0 Å². The highest BCUT2D eigenvalue weighted by Crippen LogP contribution is 2.32. The van der Waals surface area contributed by atoms with E-state index in [0.29, 0.717) is 0 Å². The zero-order chi connectivity index (χ0) is 15.8. The molecule has 0 aromatic carbocycles. The highest BCUT2D eigenvalue weighted by molar-refractivity contribution is 5.82. The summed E-state index contributed by atoms with van der Waals surface area (Å²) in [6, 6.07) is 0. The van der Waals surface area contributed by atoms with Gasteiger partial charge in [0.15, 0.2) is 0 Å². The first-order chi connectivity index (χ1) is 9.70. The van der Waals surface area contributed by atoms with E-state index in [1.165, 1.54) is 12.0 Å². The number of hydrogen-bond acceptors (Lipinski definition) is 2. The van der Waals surface area contributed by atoms with Crippen molar-refractivity contribution in [3.05, 3.63) is 23.4 Å². The predicted molar refractivity (Wildman–Crippen MR) is 87.8 cm³/mol. The van der Waals surface area contributed by atoms with Gasteiger partial charge in [-0.25, -0.2) is 0 Å². The summed E-state index contributed by atoms with van der Waals surface area (Å²) in [6.45, 7) is 16.0. The SMILES string of the molecule is CC1=CC(C)C(=O)N(CCN2CC(C)CC2(C)C)C(C)=C1. The molecule has 3 heteroatoms. The second kappa shape index (κ2) is 5.96. The fraction of sp³-hybridized carbons (Fsp3) is 0.722. The Bertz CT molecular complexity index is 476. The van der Waals surface area contributed by atoms with Gasteiger partial charge in [-0.3, -0.25) is 9.69 Å². The van der Waals surface area contributed by atoms with Gasteiger partial charge >= 0.3 is 0 Å². The normalized spacial score (nSPS) is 30.2. The van der Waals surface area contributed by atoms with Crippen molar-refractivity contribution < 1.29 is 4.79 Å². The second-order valence-corrected chi connectivity index (χ2v) is 7.54. The van der Waals surface area contributed by atoms with Crippen molar-refractivity contribution in [1.29, 1.82) is 0 Å². The van der Waals surface area contributed by atoms with Crippen LogP contribution in [-0.4, -0.2) is 40.9 Å². The van der Waals surface area contributed by atoms with Gasteiger partial charge in [-0.15, -0.1) is 0 Å². The van der Waals surface area contributed by atoms with Gasteiger partial charge < -0.3 is 4.90 Å². The maximum atomic E-state index is 12.6. The third kappa shape index (κ3) is 3.57. The van der Waals surface area contributed by atoms with Gasteiger partial charge in [0, 0.05) is 30.9 Å². The minimum Gasteiger partial charge on any atom is -0.315 e. The lowest BCUT2D eigenvalue weighted by molar-refractivity contribution is -0.131. The quantitative estimate of drug-likeness (QED) is 0.795. The molecule has 0 bridgehead atoms. The molecule has 0 saturated carbocycles. The number of amides is 1. The Morgan fingerprint density at radius 1 is 1.24 bits per heavy atom. The van der Waals surface area contributed by atoms with Crippen LogP contribution in [0.1, 0.15) is 48.0 Å². The summed E-state index contributed by atoms with van der Waals surface area (Å²) >= 11 is 0. The topological polar surface area (TPSA) is 23.6 Å². The van der Waals surface area contributed by atoms with E-state index in [-0.39, 0.29) is 17.4 Å². The fourth-order valence-corrected chi connectivity index (χ4v) is 3.91. The van der Waals surface area contributed by atoms with Crippen LogP contribution in [0.5, 0.6) is 0 Å². The van der Waals surface area contributed by atoms with Crippen molar-refractivity contribution in [2.24, 2.45) is 11.8 Å². The molecule has 0 aromatic heterocycles. The zero-order valence-electron chi connectivity index (χ0n) is 14.4. The summed E-state index contributed by atoms with van der Waals surface area (Å²) in [5, 5.41) is 0. The molecule has 1 saturated heterocycles. The monoisotopic (exact) mass is 290 g/mol. The average molecular weight is 290 g/mol. The first-order valence-corrected chi connectivity index (χ1v) is 8.14. The predicted octanol–water partition coefficient (Wildman–Crippen LogP) is 3.44. The number of carbonyl (C=O) groups is 1. The van der Waals surface area contributed by atoms with Crippen LogP contribution in [0.3, 0.4) is 0 Å². The summed E-state index contributed by atoms with van der Waals surface area (Å²) < 4.78 is 0. The van der Waals surface area contributed by atoms with Crippen molar-refractivity contribution >= 4 is 5.91 Å². The second-order valence-electron chi connectivity index (χ2n) is 7.54. The molecule has 0 aromatic rings. The van der Waals surface area contributed by atoms with E-state index in [4.69, 9.17) is 0 Å². The van der Waals surface area contributed by atoms with Crippen LogP contribution >= 0.6 is 0 Å². The number of allylic oxidation sites excluding steroid dienone is 3. The van der Waals surface area contributed by atoms with E-state index in [9.17, 15) is 4.79 Å². The van der Waals surface area contributed by atoms with E-state index in [1.807, 2.05) is 18.7 Å². The molecule has 0 radical (unpaired) electrons. The van der Waals surface area contributed by atoms with Gasteiger partial charge in [0.25, 0.3) is 0 Å². The number of rotatable bonds is 3. The van der Waals surface area contributed by atoms with Crippen molar-refractivity contribution in [2.45, 2.75) is 53.5 Å². The largest absolute Gasteiger partial charge is 0.315 e. The molecule has 0 spiro atoms. The molecule has 1 amide bonds. The maximum Gasteiger partial charge on any atom is 0.233 e. The summed E-state index contributed by atoms with van der Waals surface area (Å²) in [4.78, 5) is 17.1. The third-order valence-electron chi connectivity index (χ3n) is 4.86. The average Bonchev–Trinajstić information content (AvgIpc) is 2.56. The molecule has 2 rings (SSSR count). The molecule has 2 aliphatic heterocycles. The molecule has 21 heavy (non-hydrogen) atoms. The minimum absolute atomic E-state index is 0.0239. The number of nitrogens with zero attached hydrogens (tertiary/aromatic N) is 2. The fourth-order valence-electron chi connectivity index (χ4n) is 3.91. The van der Waals surface area contributed by atoms with E-state index in [0.717, 1.165) is 31.2 Å². The van der Waals surface area contributed by atoms with Gasteiger partial charge in [-0.2, -0.15) is 0 Å². The summed E-state index contributed by atoms with van der Waals surface area (Å²) in [5.74, 6) is 0.953. The molecule has 2 unspecified atom stereocenters. The van der Waals surface area contributed by atoms with Gasteiger partial charge in [0.1, 0.15) is 0 Å². The van der Waals surface area contributed by atoms with Crippen molar-refractivity contribution in [3.63, 3.8) is 0 Å². The number of carbonyl (C=O) groups excluding carboxylic acids is 1. The zero-order valence-corrected chi connectivity index (χ0v) is 14.4. The van der Waals surface area contributed by atoms with E-state index < -0.39 is 0 Å². The molecule has 0 N–H and O–H groups in total. The standard InChI is InChI=1S/C18H30N2O/c1-13-9-15(3)17(21)20(16(4)10-13)8-7-19-12-14(2)11-18(19,5)6/h9-10,14-15H,7-8,11-12H2,1-6H3. The first kappa shape index (κ1) is 16.3. The Morgan fingerprint density at radius 3 is 2.48 bits per heavy atom. The van der Waals surface area contributed by atoms with E-state index in [2.05, 4.69) is 44.7 Å². The van der Waals surface area contributed by atoms with Gasteiger partial charge in [0.2, 0.25) is 5.91 Å². The molecule has 1 fully saturated rings. The highest BCUT2D eigenvalue weighted by Gasteiger charge is 2.36. The Labute approximate surface area is 129 Å². The Morgan fingerprint density at radius 2 is 1.90 bits per heavy atom. The van der Waals surface area contributed by atoms with Crippen molar-refractivity contribution in [1.82, 2.24) is 9.80 Å². The lowest BCUT2D eigenvalue weighted by Crippen LogP contribution is -2.44. The summed E-state index contributed by atoms with van der Waals surface area (Å²) in [5.41, 5.74) is 2.51. The van der Waals surface area contributed by atoms with Crippen LogP contribution in [0.2, 0.25) is 0 Å². The van der Waals surface area contributed by atoms with Crippen molar-refractivity contribution in [3.8, 4) is 0 Å². The Balaban J connectivity index is 2.05. The van der Waals surface area contributed by atoms with Gasteiger partial charge in [-0.1, -0.05) is 25.5 Å². The molecule has 0 aliphatic carbocycles. The van der Waals surface area contributed by atoms with Crippen LogP contribution in [-0.2, 0) is 4.79 Å². The molecule has 118 valence electrons. The lowest BCUT2D eigenvalue weighted by atomic mass is 9.98. The van der Waals surface area contributed by atoms with Crippen molar-refractivity contribution in [2.75, 3.05) is 19.6 Å². The molecule has 2 heterocycles. The van der Waals surface area contributed by atoms with Gasteiger partial charge in [-0.05, 0) is 46.1 Å².